The molecule has 0 aromatic heterocycles. The lowest BCUT2D eigenvalue weighted by molar-refractivity contribution is 0.0273. The van der Waals surface area contributed by atoms with Crippen LogP contribution in [0.5, 0.6) is 0 Å². The van der Waals surface area contributed by atoms with E-state index in [9.17, 15) is 9.18 Å². The van der Waals surface area contributed by atoms with Crippen LogP contribution in [0.2, 0.25) is 0 Å². The fourth-order valence-electron chi connectivity index (χ4n) is 1.26. The fourth-order valence-corrected chi connectivity index (χ4v) is 1.46. The maximum Gasteiger partial charge on any atom is 0.341 e. The van der Waals surface area contributed by atoms with Crippen molar-refractivity contribution in [2.45, 2.75) is 18.7 Å². The summed E-state index contributed by atoms with van der Waals surface area (Å²) in [5.41, 5.74) is -0.105. The molecule has 0 aliphatic rings. The first-order valence-corrected chi connectivity index (χ1v) is 6.19. The summed E-state index contributed by atoms with van der Waals surface area (Å²) in [5, 5.41) is 0. The van der Waals surface area contributed by atoms with Gasteiger partial charge in [0.1, 0.15) is 12.4 Å². The number of rotatable bonds is 6. The molecule has 0 amide bonds. The Bertz CT molecular complexity index is 407. The molecule has 1 rings (SSSR count). The number of thiol groups is 1. The quantitative estimate of drug-likeness (QED) is 0.491. The van der Waals surface area contributed by atoms with Gasteiger partial charge in [-0.25, -0.2) is 9.18 Å². The standard InChI is InChI=1S/C13H17FO3S/c1-9(2)8-16-5-6-17-13(15)11-7-10(18)3-4-12(11)14/h3-4,7,9,18H,5-6,8H2,1-2H3. The summed E-state index contributed by atoms with van der Waals surface area (Å²) in [6.45, 7) is 5.09. The minimum Gasteiger partial charge on any atom is -0.460 e. The zero-order valence-electron chi connectivity index (χ0n) is 10.5. The van der Waals surface area contributed by atoms with Gasteiger partial charge in [-0.1, -0.05) is 13.8 Å². The van der Waals surface area contributed by atoms with Gasteiger partial charge in [0.05, 0.1) is 12.2 Å². The molecule has 1 aromatic carbocycles. The summed E-state index contributed by atoms with van der Waals surface area (Å²) in [6.07, 6.45) is 0. The smallest absolute Gasteiger partial charge is 0.341 e. The highest BCUT2D eigenvalue weighted by molar-refractivity contribution is 7.80. The highest BCUT2D eigenvalue weighted by Gasteiger charge is 2.13. The van der Waals surface area contributed by atoms with Gasteiger partial charge in [-0.05, 0) is 24.1 Å². The third-order valence-corrected chi connectivity index (χ3v) is 2.36. The second kappa shape index (κ2) is 7.38. The normalized spacial score (nSPS) is 10.7. The van der Waals surface area contributed by atoms with Gasteiger partial charge >= 0.3 is 5.97 Å². The highest BCUT2D eigenvalue weighted by Crippen LogP contribution is 2.14. The van der Waals surface area contributed by atoms with Crippen LogP contribution < -0.4 is 0 Å². The van der Waals surface area contributed by atoms with Crippen molar-refractivity contribution < 1.29 is 18.7 Å². The summed E-state index contributed by atoms with van der Waals surface area (Å²) in [7, 11) is 0. The number of hydrogen-bond acceptors (Lipinski definition) is 4. The van der Waals surface area contributed by atoms with E-state index in [0.717, 1.165) is 0 Å². The molecule has 1 aromatic rings. The van der Waals surface area contributed by atoms with Gasteiger partial charge in [0.2, 0.25) is 0 Å². The largest absolute Gasteiger partial charge is 0.460 e. The summed E-state index contributed by atoms with van der Waals surface area (Å²) in [4.78, 5) is 12.1. The van der Waals surface area contributed by atoms with E-state index >= 15 is 0 Å². The molecular formula is C13H17FO3S. The molecule has 0 spiro atoms. The van der Waals surface area contributed by atoms with Gasteiger partial charge in [-0.15, -0.1) is 12.6 Å². The van der Waals surface area contributed by atoms with Crippen LogP contribution in [0.15, 0.2) is 23.1 Å². The number of halogens is 1. The second-order valence-electron chi connectivity index (χ2n) is 4.27. The summed E-state index contributed by atoms with van der Waals surface area (Å²) >= 11 is 4.04. The Morgan fingerprint density at radius 3 is 2.78 bits per heavy atom. The molecule has 5 heteroatoms. The van der Waals surface area contributed by atoms with Crippen molar-refractivity contribution in [3.05, 3.63) is 29.6 Å². The van der Waals surface area contributed by atoms with Crippen LogP contribution in [0.4, 0.5) is 4.39 Å². The van der Waals surface area contributed by atoms with Crippen LogP contribution >= 0.6 is 12.6 Å². The molecule has 0 N–H and O–H groups in total. The van der Waals surface area contributed by atoms with Crippen molar-refractivity contribution in [3.8, 4) is 0 Å². The maximum absolute atomic E-state index is 13.3. The van der Waals surface area contributed by atoms with Crippen molar-refractivity contribution in [1.82, 2.24) is 0 Å². The zero-order chi connectivity index (χ0) is 13.5. The number of esters is 1. The Morgan fingerprint density at radius 2 is 2.11 bits per heavy atom. The van der Waals surface area contributed by atoms with Gasteiger partial charge in [-0.3, -0.25) is 0 Å². The van der Waals surface area contributed by atoms with E-state index < -0.39 is 11.8 Å². The average Bonchev–Trinajstić information content (AvgIpc) is 2.31. The maximum atomic E-state index is 13.3. The Hall–Kier alpha value is -1.07. The lowest BCUT2D eigenvalue weighted by Gasteiger charge is -2.08. The Kier molecular flexibility index (Phi) is 6.15. The first-order chi connectivity index (χ1) is 8.50. The van der Waals surface area contributed by atoms with Crippen LogP contribution in [0.25, 0.3) is 0 Å². The molecule has 0 atom stereocenters. The first-order valence-electron chi connectivity index (χ1n) is 5.74. The summed E-state index contributed by atoms with van der Waals surface area (Å²) in [6, 6.07) is 4.00. The monoisotopic (exact) mass is 272 g/mol. The Balaban J connectivity index is 2.39. The van der Waals surface area contributed by atoms with Gasteiger partial charge in [0.15, 0.2) is 0 Å². The molecule has 0 heterocycles. The number of carbonyl (C=O) groups is 1. The number of ether oxygens (including phenoxy) is 2. The molecule has 0 aliphatic heterocycles. The number of benzene rings is 1. The molecule has 0 unspecified atom stereocenters. The molecule has 0 fully saturated rings. The van der Waals surface area contributed by atoms with Crippen molar-refractivity contribution >= 4 is 18.6 Å². The molecule has 0 radical (unpaired) electrons. The highest BCUT2D eigenvalue weighted by atomic mass is 32.1. The Morgan fingerprint density at radius 1 is 1.39 bits per heavy atom. The predicted octanol–water partition coefficient (Wildman–Crippen LogP) is 2.94. The topological polar surface area (TPSA) is 35.5 Å². The number of carbonyl (C=O) groups excluding carboxylic acids is 1. The van der Waals surface area contributed by atoms with Gasteiger partial charge < -0.3 is 9.47 Å². The van der Waals surface area contributed by atoms with E-state index in [1.54, 1.807) is 0 Å². The molecule has 0 aliphatic carbocycles. The van der Waals surface area contributed by atoms with Crippen LogP contribution in [-0.2, 0) is 9.47 Å². The van der Waals surface area contributed by atoms with E-state index in [1.807, 2.05) is 13.8 Å². The SMILES string of the molecule is CC(C)COCCOC(=O)c1cc(S)ccc1F. The third kappa shape index (κ3) is 5.06. The van der Waals surface area contributed by atoms with Gasteiger partial charge in [0, 0.05) is 11.5 Å². The van der Waals surface area contributed by atoms with E-state index in [0.29, 0.717) is 24.0 Å². The molecule has 18 heavy (non-hydrogen) atoms. The third-order valence-electron chi connectivity index (χ3n) is 2.08. The summed E-state index contributed by atoms with van der Waals surface area (Å²) in [5.74, 6) is -0.878. The predicted molar refractivity (Wildman–Crippen MR) is 69.6 cm³/mol. The van der Waals surface area contributed by atoms with Gasteiger partial charge in [-0.2, -0.15) is 0 Å². The molecule has 100 valence electrons. The van der Waals surface area contributed by atoms with Crippen LogP contribution in [0.3, 0.4) is 0 Å². The van der Waals surface area contributed by atoms with E-state index in [2.05, 4.69) is 12.6 Å². The fraction of sp³-hybridized carbons (Fsp3) is 0.462. The molecular weight excluding hydrogens is 255 g/mol. The van der Waals surface area contributed by atoms with Crippen LogP contribution in [-0.4, -0.2) is 25.8 Å². The average molecular weight is 272 g/mol. The van der Waals surface area contributed by atoms with Crippen molar-refractivity contribution in [3.63, 3.8) is 0 Å². The minimum atomic E-state index is -0.698. The molecule has 3 nitrogen and oxygen atoms in total. The first kappa shape index (κ1) is 15.0. The minimum absolute atomic E-state index is 0.105. The van der Waals surface area contributed by atoms with E-state index in [-0.39, 0.29) is 12.2 Å². The number of hydrogen-bond donors (Lipinski definition) is 1. The van der Waals surface area contributed by atoms with E-state index in [4.69, 9.17) is 9.47 Å². The van der Waals surface area contributed by atoms with Crippen molar-refractivity contribution in [2.75, 3.05) is 19.8 Å². The van der Waals surface area contributed by atoms with E-state index in [1.165, 1.54) is 18.2 Å². The zero-order valence-corrected chi connectivity index (χ0v) is 11.4. The Labute approximate surface area is 112 Å². The van der Waals surface area contributed by atoms with Crippen LogP contribution in [0.1, 0.15) is 24.2 Å². The molecule has 0 saturated heterocycles. The molecule has 0 bridgehead atoms. The molecule has 0 saturated carbocycles. The van der Waals surface area contributed by atoms with Crippen LogP contribution in [0, 0.1) is 11.7 Å². The lowest BCUT2D eigenvalue weighted by Crippen LogP contribution is -2.13. The second-order valence-corrected chi connectivity index (χ2v) is 4.79. The van der Waals surface area contributed by atoms with Gasteiger partial charge in [0.25, 0.3) is 0 Å². The van der Waals surface area contributed by atoms with Crippen molar-refractivity contribution in [1.29, 1.82) is 0 Å². The lowest BCUT2D eigenvalue weighted by atomic mass is 10.2. The summed E-state index contributed by atoms with van der Waals surface area (Å²) < 4.78 is 23.5. The van der Waals surface area contributed by atoms with Crippen molar-refractivity contribution in [2.24, 2.45) is 5.92 Å².